The van der Waals surface area contributed by atoms with Gasteiger partial charge < -0.3 is 14.0 Å². The molecule has 0 aliphatic heterocycles. The molecule has 3 nitrogen and oxygen atoms in total. The summed E-state index contributed by atoms with van der Waals surface area (Å²) in [6.07, 6.45) is 2.17. The van der Waals surface area contributed by atoms with Crippen molar-refractivity contribution >= 4 is 71.3 Å². The van der Waals surface area contributed by atoms with Crippen LogP contribution >= 0.6 is 0 Å². The summed E-state index contributed by atoms with van der Waals surface area (Å²) in [6, 6.07) is 65.9. The first-order valence-corrected chi connectivity index (χ1v) is 16.8. The van der Waals surface area contributed by atoms with Crippen LogP contribution in [0.3, 0.4) is 0 Å². The number of aromatic nitrogens is 2. The zero-order valence-corrected chi connectivity index (χ0v) is 26.7. The molecule has 0 saturated heterocycles. The lowest BCUT2D eigenvalue weighted by Crippen LogP contribution is -2.10. The van der Waals surface area contributed by atoms with Crippen molar-refractivity contribution in [3.63, 3.8) is 0 Å². The third-order valence-corrected chi connectivity index (χ3v) is 9.87. The summed E-state index contributed by atoms with van der Waals surface area (Å²) in [5, 5.41) is 8.66. The summed E-state index contributed by atoms with van der Waals surface area (Å²) in [6.45, 7) is 0. The Morgan fingerprint density at radius 3 is 1.61 bits per heavy atom. The third-order valence-electron chi connectivity index (χ3n) is 9.87. The van der Waals surface area contributed by atoms with Gasteiger partial charge >= 0.3 is 0 Å². The van der Waals surface area contributed by atoms with E-state index in [1.165, 1.54) is 54.3 Å². The van der Waals surface area contributed by atoms with Crippen LogP contribution in [0.1, 0.15) is 0 Å². The zero-order valence-electron chi connectivity index (χ0n) is 26.7. The van der Waals surface area contributed by atoms with Crippen LogP contribution in [-0.2, 0) is 0 Å². The van der Waals surface area contributed by atoms with Gasteiger partial charge in [0, 0.05) is 50.8 Å². The number of benzene rings is 8. The molecule has 0 unspecified atom stereocenters. The molecule has 49 heavy (non-hydrogen) atoms. The van der Waals surface area contributed by atoms with Gasteiger partial charge in [-0.3, -0.25) is 0 Å². The maximum absolute atomic E-state index is 2.41. The molecule has 230 valence electrons. The Labute approximate surface area is 284 Å². The van der Waals surface area contributed by atoms with Gasteiger partial charge in [0.15, 0.2) is 0 Å². The fraction of sp³-hybridized carbons (Fsp3) is 0. The number of anilines is 3. The Bertz CT molecular complexity index is 2740. The van der Waals surface area contributed by atoms with Crippen molar-refractivity contribution in [3.05, 3.63) is 188 Å². The molecule has 0 aliphatic rings. The van der Waals surface area contributed by atoms with Gasteiger partial charge in [0.1, 0.15) is 0 Å². The molecule has 0 aliphatic carbocycles. The van der Waals surface area contributed by atoms with Crippen molar-refractivity contribution in [2.75, 3.05) is 4.90 Å². The molecule has 0 spiro atoms. The molecule has 0 atom stereocenters. The van der Waals surface area contributed by atoms with Crippen molar-refractivity contribution in [1.29, 1.82) is 0 Å². The van der Waals surface area contributed by atoms with Crippen LogP contribution in [-0.4, -0.2) is 9.13 Å². The molecule has 0 saturated carbocycles. The van der Waals surface area contributed by atoms with Gasteiger partial charge in [-0.05, 0) is 106 Å². The number of para-hydroxylation sites is 2. The van der Waals surface area contributed by atoms with Gasteiger partial charge in [-0.2, -0.15) is 0 Å². The van der Waals surface area contributed by atoms with Gasteiger partial charge in [-0.25, -0.2) is 0 Å². The van der Waals surface area contributed by atoms with Crippen LogP contribution in [0, 0.1) is 0 Å². The number of hydrogen-bond acceptors (Lipinski definition) is 1. The molecule has 0 radical (unpaired) electrons. The summed E-state index contributed by atoms with van der Waals surface area (Å²) >= 11 is 0. The van der Waals surface area contributed by atoms with E-state index in [9.17, 15) is 0 Å². The molecular weight excluding hydrogens is 595 g/mol. The molecule has 2 aromatic heterocycles. The van der Waals surface area contributed by atoms with E-state index in [0.717, 1.165) is 28.4 Å². The molecule has 0 bridgehead atoms. The number of rotatable bonds is 5. The van der Waals surface area contributed by atoms with Gasteiger partial charge in [0.2, 0.25) is 0 Å². The van der Waals surface area contributed by atoms with Gasteiger partial charge in [0.25, 0.3) is 0 Å². The van der Waals surface area contributed by atoms with Crippen LogP contribution in [0.2, 0.25) is 0 Å². The first-order chi connectivity index (χ1) is 24.3. The zero-order chi connectivity index (χ0) is 32.3. The molecule has 0 N–H and O–H groups in total. The Morgan fingerprint density at radius 2 is 0.918 bits per heavy atom. The second-order valence-electron chi connectivity index (χ2n) is 12.7. The van der Waals surface area contributed by atoms with Gasteiger partial charge in [-0.15, -0.1) is 0 Å². The van der Waals surface area contributed by atoms with E-state index in [2.05, 4.69) is 202 Å². The monoisotopic (exact) mass is 625 g/mol. The largest absolute Gasteiger partial charge is 0.316 e. The fourth-order valence-electron chi connectivity index (χ4n) is 7.52. The Morgan fingerprint density at radius 1 is 0.327 bits per heavy atom. The molecule has 10 aromatic rings. The summed E-state index contributed by atoms with van der Waals surface area (Å²) < 4.78 is 4.69. The van der Waals surface area contributed by atoms with Gasteiger partial charge in [0.05, 0.1) is 16.6 Å². The van der Waals surface area contributed by atoms with Crippen LogP contribution in [0.5, 0.6) is 0 Å². The van der Waals surface area contributed by atoms with Crippen LogP contribution < -0.4 is 4.90 Å². The van der Waals surface area contributed by atoms with E-state index < -0.39 is 0 Å². The normalized spacial score (nSPS) is 11.7. The van der Waals surface area contributed by atoms with Crippen molar-refractivity contribution in [2.24, 2.45) is 0 Å². The van der Waals surface area contributed by atoms with E-state index in [4.69, 9.17) is 0 Å². The highest BCUT2D eigenvalue weighted by Crippen LogP contribution is 2.40. The predicted molar refractivity (Wildman–Crippen MR) is 207 cm³/mol. The van der Waals surface area contributed by atoms with Crippen molar-refractivity contribution in [3.8, 4) is 11.4 Å². The predicted octanol–water partition coefficient (Wildman–Crippen LogP) is 12.5. The SMILES string of the molecule is c1ccc(-n2ccc3cc4c5ccccc5n(-c5ccc(N(c6ccc7ccccc7c6)c6ccc7ccccc7c6)cc5)c4cc32)cc1. The molecule has 3 heteroatoms. The molecular formula is C46H31N3. The van der Waals surface area contributed by atoms with E-state index in [0.29, 0.717) is 0 Å². The summed E-state index contributed by atoms with van der Waals surface area (Å²) in [5.41, 5.74) is 9.23. The smallest absolute Gasteiger partial charge is 0.0562 e. The van der Waals surface area contributed by atoms with Crippen LogP contribution in [0.25, 0.3) is 65.6 Å². The minimum atomic E-state index is 1.11. The average Bonchev–Trinajstić information content (AvgIpc) is 3.73. The lowest BCUT2D eigenvalue weighted by atomic mass is 10.1. The first kappa shape index (κ1) is 27.5. The maximum Gasteiger partial charge on any atom is 0.0562 e. The summed E-state index contributed by atoms with van der Waals surface area (Å²) in [4.78, 5) is 2.37. The Kier molecular flexibility index (Phi) is 6.18. The van der Waals surface area contributed by atoms with Crippen LogP contribution in [0.15, 0.2) is 188 Å². The van der Waals surface area contributed by atoms with E-state index >= 15 is 0 Å². The lowest BCUT2D eigenvalue weighted by molar-refractivity contribution is 1.12. The topological polar surface area (TPSA) is 13.1 Å². The quantitative estimate of drug-likeness (QED) is 0.185. The number of hydrogen-bond donors (Lipinski definition) is 0. The lowest BCUT2D eigenvalue weighted by Gasteiger charge is -2.26. The van der Waals surface area contributed by atoms with Crippen molar-refractivity contribution in [2.45, 2.75) is 0 Å². The highest BCUT2D eigenvalue weighted by Gasteiger charge is 2.17. The van der Waals surface area contributed by atoms with E-state index in [1.54, 1.807) is 0 Å². The minimum absolute atomic E-state index is 1.11. The van der Waals surface area contributed by atoms with Crippen LogP contribution in [0.4, 0.5) is 17.1 Å². The third kappa shape index (κ3) is 4.51. The number of nitrogens with zero attached hydrogens (tertiary/aromatic N) is 3. The second kappa shape index (κ2) is 11.0. The molecule has 8 aromatic carbocycles. The highest BCUT2D eigenvalue weighted by molar-refractivity contribution is 6.13. The number of fused-ring (bicyclic) bond motifs is 6. The Balaban J connectivity index is 1.15. The van der Waals surface area contributed by atoms with Crippen molar-refractivity contribution in [1.82, 2.24) is 9.13 Å². The first-order valence-electron chi connectivity index (χ1n) is 16.8. The second-order valence-corrected chi connectivity index (χ2v) is 12.7. The summed E-state index contributed by atoms with van der Waals surface area (Å²) in [7, 11) is 0. The maximum atomic E-state index is 2.41. The minimum Gasteiger partial charge on any atom is -0.316 e. The van der Waals surface area contributed by atoms with Crippen molar-refractivity contribution < 1.29 is 0 Å². The fourth-order valence-corrected chi connectivity index (χ4v) is 7.52. The van der Waals surface area contributed by atoms with E-state index in [-0.39, 0.29) is 0 Å². The van der Waals surface area contributed by atoms with E-state index in [1.807, 2.05) is 0 Å². The molecule has 10 rings (SSSR count). The highest BCUT2D eigenvalue weighted by atomic mass is 15.1. The average molecular weight is 626 g/mol. The summed E-state index contributed by atoms with van der Waals surface area (Å²) in [5.74, 6) is 0. The molecule has 0 fully saturated rings. The molecule has 2 heterocycles. The molecule has 0 amide bonds. The van der Waals surface area contributed by atoms with Gasteiger partial charge in [-0.1, -0.05) is 97.1 Å². The Hall–Kier alpha value is -6.58. The standard InChI is InChI=1S/C46H31N3/c1-2-14-37(15-3-1)47-27-26-36-30-43-42-16-8-9-17-44(42)49(46(43)31-45(36)47)39-24-22-38(23-25-39)48(40-20-18-32-10-4-6-12-34(32)28-40)41-21-19-33-11-5-7-13-35(33)29-41/h1-31H.